The smallest absolute Gasteiger partial charge is 0.0327 e. The lowest BCUT2D eigenvalue weighted by atomic mass is 10.2. The number of rotatable bonds is 4. The molecule has 1 aromatic carbocycles. The molecular formula is C12H19NS. The van der Waals surface area contributed by atoms with E-state index < -0.39 is 0 Å². The Labute approximate surface area is 91.1 Å². The summed E-state index contributed by atoms with van der Waals surface area (Å²) in [4.78, 5) is 1.29. The van der Waals surface area contributed by atoms with Crippen LogP contribution in [0.2, 0.25) is 0 Å². The van der Waals surface area contributed by atoms with Crippen molar-refractivity contribution in [3.63, 3.8) is 0 Å². The zero-order valence-electron chi connectivity index (χ0n) is 9.21. The minimum absolute atomic E-state index is 0.779. The monoisotopic (exact) mass is 209 g/mol. The zero-order valence-corrected chi connectivity index (χ0v) is 10.0. The molecule has 1 nitrogen and oxygen atoms in total. The number of benzene rings is 1. The van der Waals surface area contributed by atoms with Crippen LogP contribution >= 0.6 is 11.8 Å². The van der Waals surface area contributed by atoms with Crippen molar-refractivity contribution in [3.8, 4) is 0 Å². The summed E-state index contributed by atoms with van der Waals surface area (Å²) in [6.45, 7) is 6.60. The Kier molecular flexibility index (Phi) is 4.33. The first-order valence-electron chi connectivity index (χ1n) is 5.11. The third kappa shape index (κ3) is 3.62. The Hall–Kier alpha value is -0.630. The molecule has 78 valence electrons. The van der Waals surface area contributed by atoms with Crippen molar-refractivity contribution in [2.75, 3.05) is 11.5 Å². The average molecular weight is 209 g/mol. The maximum absolute atomic E-state index is 5.78. The molecule has 0 aliphatic carbocycles. The van der Waals surface area contributed by atoms with Crippen molar-refractivity contribution in [1.29, 1.82) is 0 Å². The summed E-state index contributed by atoms with van der Waals surface area (Å²) in [6, 6.07) is 6.26. The Bertz CT molecular complexity index is 276. The van der Waals surface area contributed by atoms with E-state index in [9.17, 15) is 0 Å². The maximum atomic E-state index is 5.78. The molecule has 0 fully saturated rings. The third-order valence-corrected chi connectivity index (χ3v) is 3.61. The van der Waals surface area contributed by atoms with Gasteiger partial charge in [-0.25, -0.2) is 0 Å². The van der Waals surface area contributed by atoms with Crippen LogP contribution in [0.5, 0.6) is 0 Å². The van der Waals surface area contributed by atoms with Gasteiger partial charge in [-0.15, -0.1) is 11.8 Å². The van der Waals surface area contributed by atoms with Crippen LogP contribution in [0.1, 0.15) is 25.8 Å². The summed E-state index contributed by atoms with van der Waals surface area (Å²) in [5.74, 6) is 1.96. The lowest BCUT2D eigenvalue weighted by Crippen LogP contribution is -1.95. The van der Waals surface area contributed by atoms with Gasteiger partial charge in [-0.1, -0.05) is 20.3 Å². The molecule has 0 heterocycles. The van der Waals surface area contributed by atoms with Crippen LogP contribution in [-0.4, -0.2) is 5.75 Å². The summed E-state index contributed by atoms with van der Waals surface area (Å²) in [5.41, 5.74) is 7.90. The molecule has 2 N–H and O–H groups in total. The van der Waals surface area contributed by atoms with E-state index >= 15 is 0 Å². The largest absolute Gasteiger partial charge is 0.399 e. The maximum Gasteiger partial charge on any atom is 0.0327 e. The number of thioether (sulfide) groups is 1. The molecule has 1 aromatic rings. The lowest BCUT2D eigenvalue weighted by molar-refractivity contribution is 0.637. The molecular weight excluding hydrogens is 190 g/mol. The molecule has 0 spiro atoms. The van der Waals surface area contributed by atoms with Gasteiger partial charge in [-0.05, 0) is 36.6 Å². The second-order valence-electron chi connectivity index (χ2n) is 3.90. The normalized spacial score (nSPS) is 12.8. The van der Waals surface area contributed by atoms with E-state index in [1.165, 1.54) is 22.6 Å². The molecule has 0 amide bonds. The number of nitrogens with two attached hydrogens (primary N) is 1. The topological polar surface area (TPSA) is 26.0 Å². The fourth-order valence-corrected chi connectivity index (χ4v) is 2.42. The van der Waals surface area contributed by atoms with E-state index in [4.69, 9.17) is 5.73 Å². The van der Waals surface area contributed by atoms with Crippen molar-refractivity contribution >= 4 is 17.4 Å². The molecule has 0 saturated carbocycles. The average Bonchev–Trinajstić information content (AvgIpc) is 2.12. The van der Waals surface area contributed by atoms with Gasteiger partial charge in [-0.3, -0.25) is 0 Å². The van der Waals surface area contributed by atoms with Gasteiger partial charge in [0.05, 0.1) is 0 Å². The predicted molar refractivity (Wildman–Crippen MR) is 65.8 cm³/mol. The molecule has 14 heavy (non-hydrogen) atoms. The molecule has 0 bridgehead atoms. The third-order valence-electron chi connectivity index (χ3n) is 2.30. The van der Waals surface area contributed by atoms with Gasteiger partial charge in [0.25, 0.3) is 0 Å². The summed E-state index contributed by atoms with van der Waals surface area (Å²) in [7, 11) is 0. The van der Waals surface area contributed by atoms with Crippen molar-refractivity contribution in [2.45, 2.75) is 32.1 Å². The van der Waals surface area contributed by atoms with Gasteiger partial charge < -0.3 is 5.73 Å². The number of aryl methyl sites for hydroxylation is 1. The van der Waals surface area contributed by atoms with Crippen LogP contribution in [0.3, 0.4) is 0 Å². The van der Waals surface area contributed by atoms with Gasteiger partial charge in [0, 0.05) is 16.3 Å². The van der Waals surface area contributed by atoms with E-state index in [1.54, 1.807) is 0 Å². The van der Waals surface area contributed by atoms with Crippen molar-refractivity contribution in [3.05, 3.63) is 23.8 Å². The predicted octanol–water partition coefficient (Wildman–Crippen LogP) is 3.72. The fourth-order valence-electron chi connectivity index (χ4n) is 1.22. The molecule has 0 aliphatic rings. The van der Waals surface area contributed by atoms with Crippen LogP contribution in [-0.2, 0) is 0 Å². The van der Waals surface area contributed by atoms with Crippen LogP contribution in [0, 0.1) is 12.8 Å². The van der Waals surface area contributed by atoms with Crippen molar-refractivity contribution in [1.82, 2.24) is 0 Å². The molecule has 1 unspecified atom stereocenters. The van der Waals surface area contributed by atoms with E-state index in [-0.39, 0.29) is 0 Å². The Balaban J connectivity index is 2.58. The lowest BCUT2D eigenvalue weighted by Gasteiger charge is -2.08. The molecule has 2 heteroatoms. The second kappa shape index (κ2) is 5.30. The highest BCUT2D eigenvalue weighted by Gasteiger charge is 2.01. The molecule has 0 saturated heterocycles. The molecule has 1 atom stereocenters. The summed E-state index contributed by atoms with van der Waals surface area (Å²) < 4.78 is 0. The van der Waals surface area contributed by atoms with E-state index in [0.717, 1.165) is 11.6 Å². The van der Waals surface area contributed by atoms with Crippen LogP contribution in [0.4, 0.5) is 5.69 Å². The highest BCUT2D eigenvalue weighted by Crippen LogP contribution is 2.24. The standard InChI is InChI=1S/C12H19NS/c1-4-9(2)8-14-12-6-10(3)5-11(13)7-12/h5-7,9H,4,8,13H2,1-3H3. The zero-order chi connectivity index (χ0) is 10.6. The molecule has 0 aliphatic heterocycles. The van der Waals surface area contributed by atoms with Crippen molar-refractivity contribution in [2.24, 2.45) is 5.92 Å². The highest BCUT2D eigenvalue weighted by molar-refractivity contribution is 7.99. The van der Waals surface area contributed by atoms with Gasteiger partial charge in [-0.2, -0.15) is 0 Å². The van der Waals surface area contributed by atoms with Gasteiger partial charge in [0.2, 0.25) is 0 Å². The van der Waals surface area contributed by atoms with E-state index in [0.29, 0.717) is 0 Å². The van der Waals surface area contributed by atoms with Crippen LogP contribution < -0.4 is 5.73 Å². The summed E-state index contributed by atoms with van der Waals surface area (Å²) >= 11 is 1.90. The van der Waals surface area contributed by atoms with Crippen molar-refractivity contribution < 1.29 is 0 Å². The quantitative estimate of drug-likeness (QED) is 0.604. The second-order valence-corrected chi connectivity index (χ2v) is 5.00. The number of anilines is 1. The first kappa shape index (κ1) is 11.4. The summed E-state index contributed by atoms with van der Waals surface area (Å²) in [5, 5.41) is 0. The first-order valence-corrected chi connectivity index (χ1v) is 6.10. The van der Waals surface area contributed by atoms with E-state index in [1.807, 2.05) is 17.8 Å². The molecule has 0 radical (unpaired) electrons. The number of hydrogen-bond donors (Lipinski definition) is 1. The Morgan fingerprint density at radius 2 is 2.07 bits per heavy atom. The number of nitrogen functional groups attached to an aromatic ring is 1. The van der Waals surface area contributed by atoms with E-state index in [2.05, 4.69) is 32.9 Å². The Morgan fingerprint density at radius 3 is 2.64 bits per heavy atom. The fraction of sp³-hybridized carbons (Fsp3) is 0.500. The summed E-state index contributed by atoms with van der Waals surface area (Å²) in [6.07, 6.45) is 1.24. The number of hydrogen-bond acceptors (Lipinski definition) is 2. The van der Waals surface area contributed by atoms with Gasteiger partial charge >= 0.3 is 0 Å². The SMILES string of the molecule is CCC(C)CSc1cc(C)cc(N)c1. The van der Waals surface area contributed by atoms with Crippen LogP contribution in [0.25, 0.3) is 0 Å². The highest BCUT2D eigenvalue weighted by atomic mass is 32.2. The Morgan fingerprint density at radius 1 is 1.36 bits per heavy atom. The van der Waals surface area contributed by atoms with Gasteiger partial charge in [0.1, 0.15) is 0 Å². The molecule has 1 rings (SSSR count). The first-order chi connectivity index (χ1) is 6.61. The van der Waals surface area contributed by atoms with Gasteiger partial charge in [0.15, 0.2) is 0 Å². The minimum Gasteiger partial charge on any atom is -0.399 e. The minimum atomic E-state index is 0.779. The van der Waals surface area contributed by atoms with Crippen LogP contribution in [0.15, 0.2) is 23.1 Å². The molecule has 0 aromatic heterocycles.